The molecule has 5 heteroatoms. The molecular formula is C16H18N2O3. The van der Waals surface area contributed by atoms with Crippen LogP contribution in [0.25, 0.3) is 0 Å². The molecule has 110 valence electrons. The Balaban J connectivity index is 1.82. The third kappa shape index (κ3) is 4.57. The fraction of sp³-hybridized carbons (Fsp3) is 0.250. The van der Waals surface area contributed by atoms with Gasteiger partial charge in [0.15, 0.2) is 0 Å². The standard InChI is InChI=1S/C16H18N2O3/c19-12-14-5-3-4-13(10-14)11-17-15(20)7-9-18-8-2-1-6-16(18)21/h1-6,8,10,19H,7,9,11-12H2,(H,17,20). The molecule has 0 spiro atoms. The maximum absolute atomic E-state index is 11.8. The lowest BCUT2D eigenvalue weighted by Crippen LogP contribution is -2.26. The second kappa shape index (κ2) is 7.40. The van der Waals surface area contributed by atoms with Gasteiger partial charge in [0.2, 0.25) is 5.91 Å². The first-order valence-corrected chi connectivity index (χ1v) is 6.80. The summed E-state index contributed by atoms with van der Waals surface area (Å²) in [6.45, 7) is 0.761. The average molecular weight is 286 g/mol. The van der Waals surface area contributed by atoms with Crippen LogP contribution >= 0.6 is 0 Å². The number of hydrogen-bond donors (Lipinski definition) is 2. The average Bonchev–Trinajstić information content (AvgIpc) is 2.52. The minimum atomic E-state index is -0.111. The molecule has 5 nitrogen and oxygen atoms in total. The summed E-state index contributed by atoms with van der Waals surface area (Å²) < 4.78 is 1.51. The molecule has 0 aliphatic carbocycles. The molecule has 21 heavy (non-hydrogen) atoms. The van der Waals surface area contributed by atoms with Crippen molar-refractivity contribution < 1.29 is 9.90 Å². The lowest BCUT2D eigenvalue weighted by molar-refractivity contribution is -0.121. The Morgan fingerprint density at radius 3 is 2.71 bits per heavy atom. The highest BCUT2D eigenvalue weighted by atomic mass is 16.3. The van der Waals surface area contributed by atoms with Crippen molar-refractivity contribution in [2.24, 2.45) is 0 Å². The number of aliphatic hydroxyl groups excluding tert-OH is 1. The molecule has 0 saturated heterocycles. The number of carbonyl (C=O) groups excluding carboxylic acids is 1. The minimum Gasteiger partial charge on any atom is -0.392 e. The zero-order valence-corrected chi connectivity index (χ0v) is 11.7. The molecule has 0 radical (unpaired) electrons. The molecule has 1 aromatic carbocycles. The van der Waals surface area contributed by atoms with Gasteiger partial charge in [0.05, 0.1) is 6.61 Å². The molecule has 0 atom stereocenters. The second-order valence-electron chi connectivity index (χ2n) is 4.74. The summed E-state index contributed by atoms with van der Waals surface area (Å²) in [6, 6.07) is 12.3. The molecule has 1 heterocycles. The third-order valence-corrected chi connectivity index (χ3v) is 3.14. The van der Waals surface area contributed by atoms with Gasteiger partial charge in [-0.1, -0.05) is 30.3 Å². The van der Waals surface area contributed by atoms with Gasteiger partial charge in [0.25, 0.3) is 5.56 Å². The maximum atomic E-state index is 11.8. The van der Waals surface area contributed by atoms with Crippen molar-refractivity contribution in [3.63, 3.8) is 0 Å². The summed E-state index contributed by atoms with van der Waals surface area (Å²) in [6.07, 6.45) is 1.92. The predicted molar refractivity (Wildman–Crippen MR) is 79.5 cm³/mol. The summed E-state index contributed by atoms with van der Waals surface area (Å²) >= 11 is 0. The fourth-order valence-corrected chi connectivity index (χ4v) is 1.99. The van der Waals surface area contributed by atoms with Gasteiger partial charge in [-0.05, 0) is 17.2 Å². The van der Waals surface area contributed by atoms with Crippen LogP contribution in [-0.4, -0.2) is 15.6 Å². The Hall–Kier alpha value is -2.40. The summed E-state index contributed by atoms with van der Waals surface area (Å²) in [5, 5.41) is 11.9. The van der Waals surface area contributed by atoms with Gasteiger partial charge in [-0.2, -0.15) is 0 Å². The van der Waals surface area contributed by atoms with E-state index < -0.39 is 0 Å². The Morgan fingerprint density at radius 1 is 1.14 bits per heavy atom. The van der Waals surface area contributed by atoms with Crippen LogP contribution < -0.4 is 10.9 Å². The predicted octanol–water partition coefficient (Wildman–Crippen LogP) is 1.05. The molecule has 2 rings (SSSR count). The number of aliphatic hydroxyl groups is 1. The Bertz CT molecular complexity index is 664. The van der Waals surface area contributed by atoms with Crippen LogP contribution in [0.15, 0.2) is 53.5 Å². The monoisotopic (exact) mass is 286 g/mol. The Morgan fingerprint density at radius 2 is 1.95 bits per heavy atom. The first-order valence-electron chi connectivity index (χ1n) is 6.80. The van der Waals surface area contributed by atoms with E-state index in [0.29, 0.717) is 13.1 Å². The zero-order valence-electron chi connectivity index (χ0n) is 11.7. The number of benzene rings is 1. The lowest BCUT2D eigenvalue weighted by atomic mass is 10.1. The highest BCUT2D eigenvalue weighted by Gasteiger charge is 2.03. The van der Waals surface area contributed by atoms with Crippen LogP contribution in [0.1, 0.15) is 17.5 Å². The molecule has 1 amide bonds. The lowest BCUT2D eigenvalue weighted by Gasteiger charge is -2.08. The first kappa shape index (κ1) is 15.0. The van der Waals surface area contributed by atoms with E-state index >= 15 is 0 Å². The number of nitrogens with zero attached hydrogens (tertiary/aromatic N) is 1. The highest BCUT2D eigenvalue weighted by molar-refractivity contribution is 5.75. The largest absolute Gasteiger partial charge is 0.392 e. The topological polar surface area (TPSA) is 71.3 Å². The SMILES string of the molecule is O=C(CCn1ccccc1=O)NCc1cccc(CO)c1. The molecule has 0 aliphatic rings. The Labute approximate surface area is 122 Å². The van der Waals surface area contributed by atoms with Crippen molar-refractivity contribution in [1.82, 2.24) is 9.88 Å². The quantitative estimate of drug-likeness (QED) is 0.833. The van der Waals surface area contributed by atoms with Crippen LogP contribution in [0, 0.1) is 0 Å². The van der Waals surface area contributed by atoms with Crippen molar-refractivity contribution in [3.05, 3.63) is 70.1 Å². The van der Waals surface area contributed by atoms with E-state index in [-0.39, 0.29) is 24.5 Å². The van der Waals surface area contributed by atoms with Gasteiger partial charge < -0.3 is 15.0 Å². The summed E-state index contributed by atoms with van der Waals surface area (Å²) in [7, 11) is 0. The van der Waals surface area contributed by atoms with Gasteiger partial charge >= 0.3 is 0 Å². The number of amides is 1. The number of rotatable bonds is 6. The van der Waals surface area contributed by atoms with Crippen LogP contribution in [0.3, 0.4) is 0 Å². The van der Waals surface area contributed by atoms with E-state index in [9.17, 15) is 9.59 Å². The fourth-order valence-electron chi connectivity index (χ4n) is 1.99. The molecule has 0 fully saturated rings. The molecule has 1 aromatic heterocycles. The molecule has 2 aromatic rings. The minimum absolute atomic E-state index is 0.0152. The highest BCUT2D eigenvalue weighted by Crippen LogP contribution is 2.04. The smallest absolute Gasteiger partial charge is 0.250 e. The van der Waals surface area contributed by atoms with E-state index in [2.05, 4.69) is 5.32 Å². The molecule has 0 bridgehead atoms. The van der Waals surface area contributed by atoms with E-state index in [1.165, 1.54) is 10.6 Å². The summed E-state index contributed by atoms with van der Waals surface area (Å²) in [5.41, 5.74) is 1.64. The summed E-state index contributed by atoms with van der Waals surface area (Å²) in [4.78, 5) is 23.3. The third-order valence-electron chi connectivity index (χ3n) is 3.14. The van der Waals surface area contributed by atoms with Crippen LogP contribution in [0.4, 0.5) is 0 Å². The first-order chi connectivity index (χ1) is 10.2. The van der Waals surface area contributed by atoms with Crippen LogP contribution in [0.2, 0.25) is 0 Å². The van der Waals surface area contributed by atoms with E-state index in [1.807, 2.05) is 24.3 Å². The van der Waals surface area contributed by atoms with Crippen LogP contribution in [0.5, 0.6) is 0 Å². The van der Waals surface area contributed by atoms with Crippen LogP contribution in [-0.2, 0) is 24.5 Å². The van der Waals surface area contributed by atoms with E-state index in [0.717, 1.165) is 11.1 Å². The maximum Gasteiger partial charge on any atom is 0.250 e. The number of hydrogen-bond acceptors (Lipinski definition) is 3. The van der Waals surface area contributed by atoms with Crippen molar-refractivity contribution >= 4 is 5.91 Å². The second-order valence-corrected chi connectivity index (χ2v) is 4.74. The van der Waals surface area contributed by atoms with Gasteiger partial charge in [0, 0.05) is 31.8 Å². The van der Waals surface area contributed by atoms with Crippen molar-refractivity contribution in [2.45, 2.75) is 26.1 Å². The number of carbonyl (C=O) groups is 1. The molecule has 0 aliphatic heterocycles. The van der Waals surface area contributed by atoms with E-state index in [1.54, 1.807) is 18.3 Å². The normalized spacial score (nSPS) is 10.3. The number of nitrogens with one attached hydrogen (secondary N) is 1. The van der Waals surface area contributed by atoms with Crippen molar-refractivity contribution in [1.29, 1.82) is 0 Å². The van der Waals surface area contributed by atoms with E-state index in [4.69, 9.17) is 5.11 Å². The van der Waals surface area contributed by atoms with Gasteiger partial charge in [-0.25, -0.2) is 0 Å². The molecular weight excluding hydrogens is 268 g/mol. The number of aryl methyl sites for hydroxylation is 1. The Kier molecular flexibility index (Phi) is 5.29. The number of aromatic nitrogens is 1. The molecule has 2 N–H and O–H groups in total. The van der Waals surface area contributed by atoms with Crippen molar-refractivity contribution in [3.8, 4) is 0 Å². The molecule has 0 unspecified atom stereocenters. The van der Waals surface area contributed by atoms with Gasteiger partial charge in [0.1, 0.15) is 0 Å². The van der Waals surface area contributed by atoms with Crippen molar-refractivity contribution in [2.75, 3.05) is 0 Å². The number of pyridine rings is 1. The van der Waals surface area contributed by atoms with Gasteiger partial charge in [-0.15, -0.1) is 0 Å². The molecule has 0 saturated carbocycles. The summed E-state index contributed by atoms with van der Waals surface area (Å²) in [5.74, 6) is -0.111. The van der Waals surface area contributed by atoms with Gasteiger partial charge in [-0.3, -0.25) is 9.59 Å². The zero-order chi connectivity index (χ0) is 15.1.